The van der Waals surface area contributed by atoms with E-state index in [1.165, 1.54) is 0 Å². The van der Waals surface area contributed by atoms with Crippen LogP contribution in [0.15, 0.2) is 15.2 Å². The second-order valence-electron chi connectivity index (χ2n) is 1.43. The predicted octanol–water partition coefficient (Wildman–Crippen LogP) is 3.31. The van der Waals surface area contributed by atoms with Crippen LogP contribution in [-0.2, 0) is 0 Å². The van der Waals surface area contributed by atoms with Crippen LogP contribution in [0, 0.1) is 0 Å². The van der Waals surface area contributed by atoms with Crippen molar-refractivity contribution in [2.45, 2.75) is 13.8 Å². The highest BCUT2D eigenvalue weighted by Crippen LogP contribution is 2.14. The zero-order valence-electron chi connectivity index (χ0n) is 5.08. The van der Waals surface area contributed by atoms with E-state index in [1.54, 1.807) is 13.8 Å². The molecule has 0 unspecified atom stereocenters. The van der Waals surface area contributed by atoms with Crippen molar-refractivity contribution in [3.63, 3.8) is 0 Å². The van der Waals surface area contributed by atoms with Crippen molar-refractivity contribution >= 4 is 40.0 Å². The van der Waals surface area contributed by atoms with Crippen LogP contribution < -0.4 is 0 Å². The molecule has 0 atom stereocenters. The van der Waals surface area contributed by atoms with Crippen LogP contribution in [0.25, 0.3) is 0 Å². The first kappa shape index (κ1) is 9.28. The fraction of sp³-hybridized carbons (Fsp3) is 0.400. The minimum atomic E-state index is 0.240. The summed E-state index contributed by atoms with van der Waals surface area (Å²) < 4.78 is 0. The van der Waals surface area contributed by atoms with Crippen LogP contribution in [-0.4, -0.2) is 5.17 Å². The lowest BCUT2D eigenvalue weighted by Gasteiger charge is -1.89. The molecule has 0 N–H and O–H groups in total. The summed E-state index contributed by atoms with van der Waals surface area (Å²) in [7, 11) is 0. The summed E-state index contributed by atoms with van der Waals surface area (Å²) in [6.45, 7) is 3.27. The summed E-state index contributed by atoms with van der Waals surface area (Å²) in [6.07, 6.45) is 0. The summed E-state index contributed by atoms with van der Waals surface area (Å²) >= 11 is 16.3. The third-order valence-corrected chi connectivity index (χ3v) is 1.26. The number of rotatable bonds is 1. The Hall–Kier alpha value is 0.280. The highest BCUT2D eigenvalue weighted by Gasteiger charge is 1.92. The zero-order valence-corrected chi connectivity index (χ0v) is 7.35. The van der Waals surface area contributed by atoms with Crippen molar-refractivity contribution in [1.29, 1.82) is 0 Å². The van der Waals surface area contributed by atoms with Gasteiger partial charge in [0.1, 0.15) is 10.3 Å². The highest BCUT2D eigenvalue weighted by molar-refractivity contribution is 6.65. The second-order valence-corrected chi connectivity index (χ2v) is 2.91. The number of aliphatic imine (C=N–C) groups is 1. The molecular weight excluding hydrogens is 180 g/mol. The molecule has 0 bridgehead atoms. The largest absolute Gasteiger partial charge is 0.228 e. The Labute approximate surface area is 69.3 Å². The topological polar surface area (TPSA) is 12.4 Å². The molecule has 1 nitrogen and oxygen atoms in total. The molecule has 0 amide bonds. The summed E-state index contributed by atoms with van der Waals surface area (Å²) in [4.78, 5) is 3.67. The van der Waals surface area contributed by atoms with Crippen LogP contribution in [0.3, 0.4) is 0 Å². The lowest BCUT2D eigenvalue weighted by atomic mass is 10.7. The summed E-state index contributed by atoms with van der Waals surface area (Å²) in [6, 6.07) is 0. The molecule has 9 heavy (non-hydrogen) atoms. The van der Waals surface area contributed by atoms with Crippen LogP contribution in [0.2, 0.25) is 0 Å². The van der Waals surface area contributed by atoms with E-state index in [0.29, 0.717) is 10.2 Å². The fourth-order valence-electron chi connectivity index (χ4n) is 0.212. The Morgan fingerprint density at radius 2 is 1.56 bits per heavy atom. The van der Waals surface area contributed by atoms with Gasteiger partial charge in [-0.15, -0.1) is 0 Å². The van der Waals surface area contributed by atoms with Gasteiger partial charge in [-0.2, -0.15) is 0 Å². The number of hydrogen-bond acceptors (Lipinski definition) is 1. The van der Waals surface area contributed by atoms with Gasteiger partial charge in [-0.3, -0.25) is 0 Å². The Balaban J connectivity index is 4.25. The summed E-state index contributed by atoms with van der Waals surface area (Å²) in [5.41, 5.74) is 0. The van der Waals surface area contributed by atoms with Gasteiger partial charge in [0.05, 0.1) is 5.03 Å². The van der Waals surface area contributed by atoms with Crippen LogP contribution >= 0.6 is 34.8 Å². The SMILES string of the molecule is CC(Cl)=NC(Cl)=C(C)Cl. The number of halogens is 3. The van der Waals surface area contributed by atoms with Crippen molar-refractivity contribution in [2.75, 3.05) is 0 Å². The van der Waals surface area contributed by atoms with E-state index in [4.69, 9.17) is 34.8 Å². The molecule has 0 spiro atoms. The molecule has 0 fully saturated rings. The van der Waals surface area contributed by atoms with Gasteiger partial charge in [0.2, 0.25) is 0 Å². The maximum atomic E-state index is 5.49. The fourth-order valence-corrected chi connectivity index (χ4v) is 0.509. The third-order valence-electron chi connectivity index (χ3n) is 0.536. The number of hydrogen-bond donors (Lipinski definition) is 0. The van der Waals surface area contributed by atoms with Gasteiger partial charge in [-0.1, -0.05) is 34.8 Å². The molecule has 0 aromatic heterocycles. The van der Waals surface area contributed by atoms with Gasteiger partial charge in [0.25, 0.3) is 0 Å². The van der Waals surface area contributed by atoms with Crippen LogP contribution in [0.1, 0.15) is 13.8 Å². The second kappa shape index (κ2) is 4.15. The van der Waals surface area contributed by atoms with Gasteiger partial charge >= 0.3 is 0 Å². The van der Waals surface area contributed by atoms with E-state index >= 15 is 0 Å². The standard InChI is InChI=1S/C5H6Cl3N/c1-3(6)5(8)9-4(2)7/h1-2H3. The molecule has 0 rings (SSSR count). The van der Waals surface area contributed by atoms with Gasteiger partial charge in [0, 0.05) is 0 Å². The molecule has 0 saturated carbocycles. The van der Waals surface area contributed by atoms with E-state index < -0.39 is 0 Å². The van der Waals surface area contributed by atoms with E-state index in [0.717, 1.165) is 0 Å². The molecule has 0 saturated heterocycles. The van der Waals surface area contributed by atoms with Gasteiger partial charge in [0.15, 0.2) is 0 Å². The Morgan fingerprint density at radius 1 is 1.11 bits per heavy atom. The molecular formula is C5H6Cl3N. The Bertz CT molecular complexity index is 152. The molecule has 0 heterocycles. The van der Waals surface area contributed by atoms with Gasteiger partial charge < -0.3 is 0 Å². The highest BCUT2D eigenvalue weighted by atomic mass is 35.5. The molecule has 0 aliphatic rings. The molecule has 0 aromatic carbocycles. The van der Waals surface area contributed by atoms with Gasteiger partial charge in [-0.05, 0) is 13.8 Å². The average molecular weight is 186 g/mol. The lowest BCUT2D eigenvalue weighted by Crippen LogP contribution is -1.75. The predicted molar refractivity (Wildman–Crippen MR) is 43.4 cm³/mol. The molecule has 0 aliphatic carbocycles. The monoisotopic (exact) mass is 185 g/mol. The Kier molecular flexibility index (Phi) is 4.28. The molecule has 0 radical (unpaired) electrons. The minimum Gasteiger partial charge on any atom is -0.228 e. The lowest BCUT2D eigenvalue weighted by molar-refractivity contribution is 1.44. The van der Waals surface area contributed by atoms with Crippen molar-refractivity contribution in [1.82, 2.24) is 0 Å². The van der Waals surface area contributed by atoms with Crippen molar-refractivity contribution in [3.05, 3.63) is 10.2 Å². The minimum absolute atomic E-state index is 0.240. The van der Waals surface area contributed by atoms with Crippen molar-refractivity contribution < 1.29 is 0 Å². The van der Waals surface area contributed by atoms with Crippen LogP contribution in [0.4, 0.5) is 0 Å². The van der Waals surface area contributed by atoms with Crippen LogP contribution in [0.5, 0.6) is 0 Å². The molecule has 4 heteroatoms. The first-order valence-corrected chi connectivity index (χ1v) is 3.40. The third kappa shape index (κ3) is 4.76. The quantitative estimate of drug-likeness (QED) is 0.440. The van der Waals surface area contributed by atoms with E-state index in [1.807, 2.05) is 0 Å². The zero-order chi connectivity index (χ0) is 7.44. The number of nitrogens with zero attached hydrogens (tertiary/aromatic N) is 1. The normalized spacial score (nSPS) is 15.4. The Morgan fingerprint density at radius 3 is 1.67 bits per heavy atom. The molecule has 0 aliphatic heterocycles. The summed E-state index contributed by atoms with van der Waals surface area (Å²) in [5, 5.41) is 1.06. The maximum absolute atomic E-state index is 5.49. The van der Waals surface area contributed by atoms with Crippen molar-refractivity contribution in [2.24, 2.45) is 4.99 Å². The molecule has 52 valence electrons. The van der Waals surface area contributed by atoms with Crippen molar-refractivity contribution in [3.8, 4) is 0 Å². The smallest absolute Gasteiger partial charge is 0.144 e. The first-order valence-electron chi connectivity index (χ1n) is 2.26. The van der Waals surface area contributed by atoms with E-state index in [2.05, 4.69) is 4.99 Å². The molecule has 0 aromatic rings. The average Bonchev–Trinajstić information content (AvgIpc) is 1.63. The maximum Gasteiger partial charge on any atom is 0.144 e. The first-order chi connectivity index (χ1) is 4.04. The van der Waals surface area contributed by atoms with Gasteiger partial charge in [-0.25, -0.2) is 4.99 Å². The number of allylic oxidation sites excluding steroid dienone is 1. The van der Waals surface area contributed by atoms with E-state index in [9.17, 15) is 0 Å². The van der Waals surface area contributed by atoms with E-state index in [-0.39, 0.29) is 5.16 Å². The summed E-state index contributed by atoms with van der Waals surface area (Å²) in [5.74, 6) is 0.